The molecule has 5 N–H and O–H groups in total. The number of hydrogen-bond donors (Lipinski definition) is 3. The molecular weight excluding hydrogens is 428 g/mol. The molecule has 8 heteroatoms. The monoisotopic (exact) mass is 464 g/mol. The molecule has 1 aliphatic carbocycles. The molecule has 0 saturated carbocycles. The van der Waals surface area contributed by atoms with Crippen LogP contribution in [0.1, 0.15) is 54.4 Å². The molecule has 2 heterocycles. The van der Waals surface area contributed by atoms with Gasteiger partial charge in [0.15, 0.2) is 0 Å². The molecule has 0 aromatic heterocycles. The van der Waals surface area contributed by atoms with E-state index >= 15 is 0 Å². The molecule has 3 aliphatic rings. The number of carbonyl (C=O) groups excluding carboxylic acids is 2. The highest BCUT2D eigenvalue weighted by Gasteiger charge is 2.37. The summed E-state index contributed by atoms with van der Waals surface area (Å²) in [6, 6.07) is 7.25. The van der Waals surface area contributed by atoms with Gasteiger partial charge in [0.05, 0.1) is 5.92 Å². The lowest BCUT2D eigenvalue weighted by atomic mass is 9.88. The average Bonchev–Trinajstić information content (AvgIpc) is 3.48. The molecular formula is C26H36N6O2. The van der Waals surface area contributed by atoms with Crippen molar-refractivity contribution in [2.24, 2.45) is 22.4 Å². The third kappa shape index (κ3) is 4.87. The fraction of sp³-hybridized carbons (Fsp3) is 0.500. The number of benzene rings is 1. The Kier molecular flexibility index (Phi) is 7.36. The largest absolute Gasteiger partial charge is 0.402 e. The number of nitrogens with two attached hydrogens (primary N) is 2. The predicted octanol–water partition coefficient (Wildman–Crippen LogP) is 1.95. The molecule has 34 heavy (non-hydrogen) atoms. The van der Waals surface area contributed by atoms with Crippen LogP contribution in [0.4, 0.5) is 0 Å². The number of carbonyl (C=O) groups is 2. The van der Waals surface area contributed by atoms with Crippen LogP contribution >= 0.6 is 0 Å². The van der Waals surface area contributed by atoms with Crippen molar-refractivity contribution in [3.63, 3.8) is 0 Å². The fourth-order valence-corrected chi connectivity index (χ4v) is 5.47. The topological polar surface area (TPSA) is 117 Å². The standard InChI is InChI=1S/C26H36N6O2/c1-3-29-25(22-17(2)6-11-20(22)27)31-13-15-32(16-14-31)26(34)23(21-5-4-12-30-21)18-7-9-19(10-8-18)24(28)33/h3,7-10,17,21,23,30H,1,4-6,11-16,27H2,2H3,(H2,28,33)/b29-25+/t17-,21+,23+/m1/s1. The predicted molar refractivity (Wildman–Crippen MR) is 134 cm³/mol. The molecule has 2 amide bonds. The van der Waals surface area contributed by atoms with E-state index < -0.39 is 5.91 Å². The summed E-state index contributed by atoms with van der Waals surface area (Å²) in [4.78, 5) is 34.0. The Labute approximate surface area is 201 Å². The van der Waals surface area contributed by atoms with Crippen molar-refractivity contribution in [3.05, 3.63) is 59.4 Å². The minimum atomic E-state index is -0.464. The molecule has 2 aliphatic heterocycles. The molecule has 0 spiro atoms. The van der Waals surface area contributed by atoms with E-state index in [1.54, 1.807) is 18.3 Å². The van der Waals surface area contributed by atoms with Gasteiger partial charge in [0.1, 0.15) is 5.84 Å². The highest BCUT2D eigenvalue weighted by molar-refractivity contribution is 6.00. The quantitative estimate of drug-likeness (QED) is 0.439. The molecule has 0 radical (unpaired) electrons. The second-order valence-corrected chi connectivity index (χ2v) is 9.49. The van der Waals surface area contributed by atoms with Gasteiger partial charge >= 0.3 is 0 Å². The summed E-state index contributed by atoms with van der Waals surface area (Å²) in [5.41, 5.74) is 15.1. The number of amides is 2. The molecule has 1 aromatic carbocycles. The summed E-state index contributed by atoms with van der Waals surface area (Å²) in [5.74, 6) is 0.653. The SMILES string of the molecule is C=C/N=C(\C1=C(N)CC[C@H]1C)N1CCN(C(=O)[C@@H](c2ccc(C(N)=O)cc2)[C@@H]2CCCN2)CC1. The summed E-state index contributed by atoms with van der Waals surface area (Å²) in [7, 11) is 0. The number of allylic oxidation sites excluding steroid dienone is 1. The van der Waals surface area contributed by atoms with Gasteiger partial charge in [-0.15, -0.1) is 0 Å². The minimum Gasteiger partial charge on any atom is -0.402 e. The van der Waals surface area contributed by atoms with Crippen LogP contribution in [0, 0.1) is 5.92 Å². The second kappa shape index (κ2) is 10.4. The molecule has 3 atom stereocenters. The zero-order valence-corrected chi connectivity index (χ0v) is 20.0. The van der Waals surface area contributed by atoms with Crippen molar-refractivity contribution in [3.8, 4) is 0 Å². The number of rotatable bonds is 6. The molecule has 2 saturated heterocycles. The summed E-state index contributed by atoms with van der Waals surface area (Å²) < 4.78 is 0. The van der Waals surface area contributed by atoms with E-state index in [-0.39, 0.29) is 17.9 Å². The maximum atomic E-state index is 13.8. The molecule has 8 nitrogen and oxygen atoms in total. The lowest BCUT2D eigenvalue weighted by molar-refractivity contribution is -0.134. The number of primary amides is 1. The van der Waals surface area contributed by atoms with Crippen LogP contribution in [0.25, 0.3) is 0 Å². The van der Waals surface area contributed by atoms with E-state index in [0.29, 0.717) is 37.7 Å². The Hall–Kier alpha value is -3.13. The molecule has 182 valence electrons. The van der Waals surface area contributed by atoms with Gasteiger partial charge in [-0.25, -0.2) is 4.99 Å². The first kappa shape index (κ1) is 24.0. The van der Waals surface area contributed by atoms with Crippen LogP contribution in [-0.2, 0) is 4.79 Å². The third-order valence-corrected chi connectivity index (χ3v) is 7.35. The van der Waals surface area contributed by atoms with Crippen LogP contribution in [-0.4, -0.2) is 66.2 Å². The second-order valence-electron chi connectivity index (χ2n) is 9.49. The van der Waals surface area contributed by atoms with Gasteiger partial charge < -0.3 is 26.6 Å². The number of hydrogen-bond acceptors (Lipinski definition) is 5. The number of aliphatic imine (C=N–C) groups is 1. The van der Waals surface area contributed by atoms with Crippen molar-refractivity contribution in [1.29, 1.82) is 0 Å². The van der Waals surface area contributed by atoms with Gasteiger partial charge in [-0.2, -0.15) is 0 Å². The lowest BCUT2D eigenvalue weighted by Gasteiger charge is -2.39. The molecule has 4 rings (SSSR count). The van der Waals surface area contributed by atoms with E-state index in [4.69, 9.17) is 11.5 Å². The van der Waals surface area contributed by atoms with E-state index in [1.165, 1.54) is 0 Å². The Balaban J connectivity index is 1.50. The maximum absolute atomic E-state index is 13.8. The van der Waals surface area contributed by atoms with Gasteiger partial charge in [0, 0.05) is 55.3 Å². The highest BCUT2D eigenvalue weighted by atomic mass is 16.2. The van der Waals surface area contributed by atoms with Gasteiger partial charge in [-0.05, 0) is 55.8 Å². The average molecular weight is 465 g/mol. The first-order chi connectivity index (χ1) is 16.4. The Morgan fingerprint density at radius 2 is 1.82 bits per heavy atom. The Morgan fingerprint density at radius 3 is 2.35 bits per heavy atom. The summed E-state index contributed by atoms with van der Waals surface area (Å²) >= 11 is 0. The van der Waals surface area contributed by atoms with Crippen molar-refractivity contribution >= 4 is 17.6 Å². The minimum absolute atomic E-state index is 0.0899. The van der Waals surface area contributed by atoms with Crippen molar-refractivity contribution in [1.82, 2.24) is 15.1 Å². The van der Waals surface area contributed by atoms with Crippen LogP contribution < -0.4 is 16.8 Å². The van der Waals surface area contributed by atoms with Crippen LogP contribution in [0.5, 0.6) is 0 Å². The van der Waals surface area contributed by atoms with Crippen molar-refractivity contribution < 1.29 is 9.59 Å². The maximum Gasteiger partial charge on any atom is 0.248 e. The van der Waals surface area contributed by atoms with Gasteiger partial charge in [0.25, 0.3) is 0 Å². The zero-order chi connectivity index (χ0) is 24.2. The highest BCUT2D eigenvalue weighted by Crippen LogP contribution is 2.32. The third-order valence-electron chi connectivity index (χ3n) is 7.35. The molecule has 1 aromatic rings. The van der Waals surface area contributed by atoms with Crippen LogP contribution in [0.3, 0.4) is 0 Å². The zero-order valence-electron chi connectivity index (χ0n) is 20.0. The number of piperazine rings is 1. The molecule has 2 fully saturated rings. The summed E-state index contributed by atoms with van der Waals surface area (Å²) in [6.07, 6.45) is 5.53. The van der Waals surface area contributed by atoms with Crippen LogP contribution in [0.2, 0.25) is 0 Å². The first-order valence-corrected chi connectivity index (χ1v) is 12.2. The van der Waals surface area contributed by atoms with E-state index in [1.807, 2.05) is 17.0 Å². The van der Waals surface area contributed by atoms with Crippen LogP contribution in [0.15, 0.2) is 53.3 Å². The number of nitrogens with one attached hydrogen (secondary N) is 1. The smallest absolute Gasteiger partial charge is 0.248 e. The Morgan fingerprint density at radius 1 is 1.15 bits per heavy atom. The fourth-order valence-electron chi connectivity index (χ4n) is 5.47. The van der Waals surface area contributed by atoms with Crippen molar-refractivity contribution in [2.75, 3.05) is 32.7 Å². The first-order valence-electron chi connectivity index (χ1n) is 12.2. The Bertz CT molecular complexity index is 985. The summed E-state index contributed by atoms with van der Waals surface area (Å²) in [5, 5.41) is 3.50. The van der Waals surface area contributed by atoms with E-state index in [0.717, 1.165) is 54.9 Å². The molecule has 0 bridgehead atoms. The van der Waals surface area contributed by atoms with Gasteiger partial charge in [-0.1, -0.05) is 25.6 Å². The number of amidine groups is 1. The lowest BCUT2D eigenvalue weighted by Crippen LogP contribution is -2.53. The summed E-state index contributed by atoms with van der Waals surface area (Å²) in [6.45, 7) is 9.56. The van der Waals surface area contributed by atoms with E-state index in [9.17, 15) is 9.59 Å². The van der Waals surface area contributed by atoms with Crippen molar-refractivity contribution in [2.45, 2.75) is 44.6 Å². The van der Waals surface area contributed by atoms with Gasteiger partial charge in [0.2, 0.25) is 11.8 Å². The normalized spacial score (nSPS) is 24.4. The van der Waals surface area contributed by atoms with Gasteiger partial charge in [-0.3, -0.25) is 9.59 Å². The molecule has 0 unspecified atom stereocenters. The van der Waals surface area contributed by atoms with E-state index in [2.05, 4.69) is 28.7 Å². The number of nitrogens with zero attached hydrogens (tertiary/aromatic N) is 3.